The highest BCUT2D eigenvalue weighted by molar-refractivity contribution is 5.83. The van der Waals surface area contributed by atoms with Gasteiger partial charge in [-0.1, -0.05) is 20.3 Å². The average Bonchev–Trinajstić information content (AvgIpc) is 2.31. The van der Waals surface area contributed by atoms with Crippen LogP contribution in [0.25, 0.3) is 0 Å². The summed E-state index contributed by atoms with van der Waals surface area (Å²) in [5, 5.41) is 0. The first-order valence-corrected chi connectivity index (χ1v) is 6.77. The molecule has 1 unspecified atom stereocenters. The fourth-order valence-electron chi connectivity index (χ4n) is 1.79. The molecule has 0 aliphatic heterocycles. The summed E-state index contributed by atoms with van der Waals surface area (Å²) in [7, 11) is 0. The summed E-state index contributed by atoms with van der Waals surface area (Å²) in [6.07, 6.45) is 4.11. The highest BCUT2D eigenvalue weighted by atomic mass is 16.2. The summed E-state index contributed by atoms with van der Waals surface area (Å²) in [6, 6.07) is 0. The fourth-order valence-corrected chi connectivity index (χ4v) is 1.79. The first-order valence-electron chi connectivity index (χ1n) is 6.77. The smallest absolute Gasteiger partial charge is 0.237 e. The summed E-state index contributed by atoms with van der Waals surface area (Å²) in [5.41, 5.74) is 10.6. The maximum absolute atomic E-state index is 12.0. The van der Waals surface area contributed by atoms with Crippen molar-refractivity contribution < 1.29 is 9.59 Å². The molecule has 106 valence electrons. The van der Waals surface area contributed by atoms with Crippen LogP contribution in [0.5, 0.6) is 0 Å². The van der Waals surface area contributed by atoms with Crippen molar-refractivity contribution in [1.82, 2.24) is 4.90 Å². The molecule has 0 saturated carbocycles. The molecule has 0 aromatic rings. The minimum absolute atomic E-state index is 0.0196. The Labute approximate surface area is 110 Å². The molecular weight excluding hydrogens is 230 g/mol. The van der Waals surface area contributed by atoms with Gasteiger partial charge in [0.25, 0.3) is 0 Å². The van der Waals surface area contributed by atoms with E-state index in [0.29, 0.717) is 25.4 Å². The van der Waals surface area contributed by atoms with Crippen molar-refractivity contribution in [2.24, 2.45) is 17.4 Å². The van der Waals surface area contributed by atoms with Gasteiger partial charge in [0.1, 0.15) is 0 Å². The summed E-state index contributed by atoms with van der Waals surface area (Å²) in [6.45, 7) is 5.44. The Bertz CT molecular complexity index is 257. The monoisotopic (exact) mass is 257 g/mol. The van der Waals surface area contributed by atoms with Crippen molar-refractivity contribution in [3.8, 4) is 0 Å². The van der Waals surface area contributed by atoms with Gasteiger partial charge in [0.2, 0.25) is 11.8 Å². The lowest BCUT2D eigenvalue weighted by Crippen LogP contribution is -2.39. The molecule has 0 aliphatic rings. The third kappa shape index (κ3) is 8.06. The maximum atomic E-state index is 12.0. The lowest BCUT2D eigenvalue weighted by Gasteiger charge is -2.21. The van der Waals surface area contributed by atoms with Gasteiger partial charge in [-0.15, -0.1) is 0 Å². The number of hydrogen-bond donors (Lipinski definition) is 2. The van der Waals surface area contributed by atoms with Gasteiger partial charge in [-0.3, -0.25) is 9.59 Å². The first kappa shape index (κ1) is 16.9. The molecule has 0 radical (unpaired) electrons. The number of hydrogen-bond acceptors (Lipinski definition) is 3. The molecule has 0 rings (SSSR count). The van der Waals surface area contributed by atoms with Crippen LogP contribution in [0.4, 0.5) is 0 Å². The van der Waals surface area contributed by atoms with E-state index in [0.717, 1.165) is 25.7 Å². The average molecular weight is 257 g/mol. The van der Waals surface area contributed by atoms with Gasteiger partial charge in [-0.2, -0.15) is 0 Å². The second-order valence-electron chi connectivity index (χ2n) is 4.86. The largest absolute Gasteiger partial charge is 0.368 e. The molecule has 0 aromatic carbocycles. The van der Waals surface area contributed by atoms with Gasteiger partial charge >= 0.3 is 0 Å². The number of carbonyl (C=O) groups excluding carboxylic acids is 2. The predicted molar refractivity (Wildman–Crippen MR) is 72.8 cm³/mol. The van der Waals surface area contributed by atoms with Gasteiger partial charge in [0.15, 0.2) is 0 Å². The van der Waals surface area contributed by atoms with Crippen molar-refractivity contribution in [2.75, 3.05) is 19.6 Å². The molecule has 0 aliphatic carbocycles. The molecule has 2 amide bonds. The van der Waals surface area contributed by atoms with Gasteiger partial charge in [-0.05, 0) is 31.7 Å². The van der Waals surface area contributed by atoms with Crippen molar-refractivity contribution in [3.05, 3.63) is 0 Å². The highest BCUT2D eigenvalue weighted by Gasteiger charge is 2.15. The van der Waals surface area contributed by atoms with Gasteiger partial charge < -0.3 is 16.4 Å². The molecule has 0 aromatic heterocycles. The first-order chi connectivity index (χ1) is 8.51. The molecular formula is C13H27N3O2. The number of nitrogens with zero attached hydrogens (tertiary/aromatic N) is 1. The predicted octanol–water partition coefficient (Wildman–Crippen LogP) is 0.866. The van der Waals surface area contributed by atoms with Crippen LogP contribution in [-0.2, 0) is 9.59 Å². The van der Waals surface area contributed by atoms with Crippen LogP contribution >= 0.6 is 0 Å². The van der Waals surface area contributed by atoms with Crippen molar-refractivity contribution >= 4 is 11.8 Å². The Balaban J connectivity index is 4.14. The van der Waals surface area contributed by atoms with Crippen LogP contribution in [0.3, 0.4) is 0 Å². The Kier molecular flexibility index (Phi) is 9.28. The highest BCUT2D eigenvalue weighted by Crippen LogP contribution is 2.11. The number of amides is 2. The van der Waals surface area contributed by atoms with Crippen LogP contribution < -0.4 is 11.5 Å². The minimum atomic E-state index is -0.450. The van der Waals surface area contributed by atoms with E-state index in [9.17, 15) is 9.59 Å². The second-order valence-corrected chi connectivity index (χ2v) is 4.86. The lowest BCUT2D eigenvalue weighted by molar-refractivity contribution is -0.135. The van der Waals surface area contributed by atoms with E-state index in [1.165, 1.54) is 0 Å². The van der Waals surface area contributed by atoms with Crippen LogP contribution in [0.1, 0.15) is 46.0 Å². The van der Waals surface area contributed by atoms with E-state index in [2.05, 4.69) is 13.8 Å². The molecule has 0 fully saturated rings. The fraction of sp³-hybridized carbons (Fsp3) is 0.846. The molecule has 5 nitrogen and oxygen atoms in total. The minimum Gasteiger partial charge on any atom is -0.368 e. The summed E-state index contributed by atoms with van der Waals surface area (Å²) >= 11 is 0. The van der Waals surface area contributed by atoms with Gasteiger partial charge in [0.05, 0.1) is 6.54 Å². The molecule has 0 spiro atoms. The number of rotatable bonds is 10. The van der Waals surface area contributed by atoms with Crippen LogP contribution in [0.2, 0.25) is 0 Å². The Morgan fingerprint density at radius 3 is 2.44 bits per heavy atom. The van der Waals surface area contributed by atoms with Crippen molar-refractivity contribution in [2.45, 2.75) is 46.0 Å². The zero-order valence-electron chi connectivity index (χ0n) is 11.7. The number of primary amides is 1. The van der Waals surface area contributed by atoms with E-state index < -0.39 is 5.91 Å². The normalized spacial score (nSPS) is 12.2. The molecule has 1 atom stereocenters. The number of unbranched alkanes of at least 4 members (excludes halogenated alkanes) is 1. The molecule has 0 heterocycles. The number of carbonyl (C=O) groups is 2. The van der Waals surface area contributed by atoms with E-state index in [1.807, 2.05) is 0 Å². The standard InChI is InChI=1S/C13H27N3O2/c1-3-4-9-16(10-12(15)17)13(18)6-5-11(2)7-8-14/h11H,3-10,14H2,1-2H3,(H2,15,17). The van der Waals surface area contributed by atoms with Gasteiger partial charge in [0, 0.05) is 13.0 Å². The van der Waals surface area contributed by atoms with Crippen LogP contribution in [0.15, 0.2) is 0 Å². The summed E-state index contributed by atoms with van der Waals surface area (Å²) in [5.74, 6) is 0.0149. The molecule has 18 heavy (non-hydrogen) atoms. The van der Waals surface area contributed by atoms with Crippen LogP contribution in [0, 0.1) is 5.92 Å². The summed E-state index contributed by atoms with van der Waals surface area (Å²) in [4.78, 5) is 24.5. The van der Waals surface area contributed by atoms with Crippen molar-refractivity contribution in [1.29, 1.82) is 0 Å². The SMILES string of the molecule is CCCCN(CC(N)=O)C(=O)CCC(C)CCN. The summed E-state index contributed by atoms with van der Waals surface area (Å²) < 4.78 is 0. The van der Waals surface area contributed by atoms with E-state index in [-0.39, 0.29) is 12.5 Å². The molecule has 4 N–H and O–H groups in total. The zero-order valence-corrected chi connectivity index (χ0v) is 11.7. The third-order valence-electron chi connectivity index (χ3n) is 2.99. The molecule has 0 saturated heterocycles. The topological polar surface area (TPSA) is 89.4 Å². The van der Waals surface area contributed by atoms with Crippen molar-refractivity contribution in [3.63, 3.8) is 0 Å². The molecule has 5 heteroatoms. The zero-order chi connectivity index (χ0) is 14.0. The Morgan fingerprint density at radius 1 is 1.28 bits per heavy atom. The Morgan fingerprint density at radius 2 is 1.94 bits per heavy atom. The Hall–Kier alpha value is -1.10. The second kappa shape index (κ2) is 9.88. The van der Waals surface area contributed by atoms with E-state index in [1.54, 1.807) is 4.90 Å². The third-order valence-corrected chi connectivity index (χ3v) is 2.99. The quantitative estimate of drug-likeness (QED) is 0.608. The van der Waals surface area contributed by atoms with E-state index >= 15 is 0 Å². The number of nitrogens with two attached hydrogens (primary N) is 2. The van der Waals surface area contributed by atoms with Gasteiger partial charge in [-0.25, -0.2) is 0 Å². The lowest BCUT2D eigenvalue weighted by atomic mass is 10.0. The van der Waals surface area contributed by atoms with E-state index in [4.69, 9.17) is 11.5 Å². The maximum Gasteiger partial charge on any atom is 0.237 e. The van der Waals surface area contributed by atoms with Crippen LogP contribution in [-0.4, -0.2) is 36.3 Å². The molecule has 0 bridgehead atoms.